The van der Waals surface area contributed by atoms with Crippen LogP contribution >= 0.6 is 24.0 Å². The first-order valence-electron chi connectivity index (χ1n) is 8.72. The Bertz CT molecular complexity index is 865. The van der Waals surface area contributed by atoms with E-state index in [0.717, 1.165) is 12.0 Å². The lowest BCUT2D eigenvalue weighted by Gasteiger charge is -2.14. The maximum Gasteiger partial charge on any atom is 0.266 e. The van der Waals surface area contributed by atoms with E-state index in [-0.39, 0.29) is 5.91 Å². The van der Waals surface area contributed by atoms with Crippen LogP contribution in [-0.4, -0.2) is 35.4 Å². The zero-order valence-electron chi connectivity index (χ0n) is 15.3. The molecule has 140 valence electrons. The summed E-state index contributed by atoms with van der Waals surface area (Å²) in [6, 6.07) is 15.7. The highest BCUT2D eigenvalue weighted by molar-refractivity contribution is 8.26. The molecule has 0 unspecified atom stereocenters. The standard InChI is InChI=1S/C21H21NO3S2/c1-3-25-17-10-9-16(13-18(17)24-2)14-19-20(23)22(21(26)27-19)12-11-15-7-5-4-6-8-15/h4-10,13-14H,3,11-12H2,1-2H3/b19-14+. The summed E-state index contributed by atoms with van der Waals surface area (Å²) < 4.78 is 11.5. The second-order valence-corrected chi connectivity index (χ2v) is 7.59. The van der Waals surface area contributed by atoms with Crippen molar-refractivity contribution in [3.63, 3.8) is 0 Å². The van der Waals surface area contributed by atoms with E-state index in [9.17, 15) is 4.79 Å². The van der Waals surface area contributed by atoms with Gasteiger partial charge >= 0.3 is 0 Å². The molecular weight excluding hydrogens is 378 g/mol. The first kappa shape index (κ1) is 19.5. The van der Waals surface area contributed by atoms with Crippen molar-refractivity contribution in [1.29, 1.82) is 0 Å². The number of carbonyl (C=O) groups is 1. The third-order valence-corrected chi connectivity index (χ3v) is 5.50. The molecule has 3 rings (SSSR count). The van der Waals surface area contributed by atoms with Crippen molar-refractivity contribution in [3.05, 3.63) is 64.6 Å². The Balaban J connectivity index is 1.74. The lowest BCUT2D eigenvalue weighted by Crippen LogP contribution is -2.30. The van der Waals surface area contributed by atoms with E-state index in [1.807, 2.05) is 49.4 Å². The number of thiocarbonyl (C=S) groups is 1. The summed E-state index contributed by atoms with van der Waals surface area (Å²) in [7, 11) is 1.60. The summed E-state index contributed by atoms with van der Waals surface area (Å²) in [5.74, 6) is 1.28. The topological polar surface area (TPSA) is 38.8 Å². The second-order valence-electron chi connectivity index (χ2n) is 5.91. The van der Waals surface area contributed by atoms with Crippen LogP contribution in [0.4, 0.5) is 0 Å². The summed E-state index contributed by atoms with van der Waals surface area (Å²) in [6.45, 7) is 3.07. The average Bonchev–Trinajstić information content (AvgIpc) is 2.95. The summed E-state index contributed by atoms with van der Waals surface area (Å²) >= 11 is 6.75. The molecule has 1 saturated heterocycles. The number of rotatable bonds is 7. The van der Waals surface area contributed by atoms with Crippen molar-refractivity contribution >= 4 is 40.3 Å². The maximum atomic E-state index is 12.8. The first-order valence-corrected chi connectivity index (χ1v) is 9.95. The van der Waals surface area contributed by atoms with Crippen LogP contribution in [0.3, 0.4) is 0 Å². The third kappa shape index (κ3) is 4.70. The van der Waals surface area contributed by atoms with Crippen molar-refractivity contribution < 1.29 is 14.3 Å². The molecule has 0 spiro atoms. The van der Waals surface area contributed by atoms with Crippen LogP contribution in [-0.2, 0) is 11.2 Å². The van der Waals surface area contributed by atoms with Gasteiger partial charge in [-0.25, -0.2) is 0 Å². The van der Waals surface area contributed by atoms with Gasteiger partial charge in [-0.05, 0) is 42.7 Å². The van der Waals surface area contributed by atoms with Crippen molar-refractivity contribution in [3.8, 4) is 11.5 Å². The molecule has 27 heavy (non-hydrogen) atoms. The van der Waals surface area contributed by atoms with Gasteiger partial charge in [0.2, 0.25) is 0 Å². The highest BCUT2D eigenvalue weighted by Gasteiger charge is 2.31. The highest BCUT2D eigenvalue weighted by Crippen LogP contribution is 2.34. The fraction of sp³-hybridized carbons (Fsp3) is 0.238. The van der Waals surface area contributed by atoms with Crippen molar-refractivity contribution in [2.24, 2.45) is 0 Å². The molecular formula is C21H21NO3S2. The number of carbonyl (C=O) groups excluding carboxylic acids is 1. The van der Waals surface area contributed by atoms with E-state index in [1.54, 1.807) is 12.0 Å². The zero-order valence-corrected chi connectivity index (χ0v) is 16.9. The summed E-state index contributed by atoms with van der Waals surface area (Å²) in [6.07, 6.45) is 2.62. The molecule has 0 saturated carbocycles. The Labute approximate surface area is 169 Å². The van der Waals surface area contributed by atoms with Crippen LogP contribution in [0, 0.1) is 0 Å². The van der Waals surface area contributed by atoms with E-state index in [0.29, 0.717) is 33.9 Å². The quantitative estimate of drug-likeness (QED) is 0.505. The number of thioether (sulfide) groups is 1. The lowest BCUT2D eigenvalue weighted by atomic mass is 10.1. The van der Waals surface area contributed by atoms with Crippen LogP contribution in [0.2, 0.25) is 0 Å². The lowest BCUT2D eigenvalue weighted by molar-refractivity contribution is -0.122. The molecule has 0 N–H and O–H groups in total. The number of hydrogen-bond donors (Lipinski definition) is 0. The highest BCUT2D eigenvalue weighted by atomic mass is 32.2. The number of amides is 1. The van der Waals surface area contributed by atoms with Crippen molar-refractivity contribution in [1.82, 2.24) is 4.90 Å². The van der Waals surface area contributed by atoms with E-state index in [1.165, 1.54) is 17.3 Å². The largest absolute Gasteiger partial charge is 0.493 e. The SMILES string of the molecule is CCOc1ccc(/C=C2/SC(=S)N(CCc3ccccc3)C2=O)cc1OC. The normalized spacial score (nSPS) is 15.5. The third-order valence-electron chi connectivity index (χ3n) is 4.13. The number of methoxy groups -OCH3 is 1. The number of ether oxygens (including phenoxy) is 2. The Hall–Kier alpha value is -2.31. The molecule has 1 fully saturated rings. The van der Waals surface area contributed by atoms with Crippen LogP contribution in [0.1, 0.15) is 18.1 Å². The van der Waals surface area contributed by atoms with Gasteiger partial charge in [0.25, 0.3) is 5.91 Å². The van der Waals surface area contributed by atoms with Crippen molar-refractivity contribution in [2.45, 2.75) is 13.3 Å². The number of benzene rings is 2. The molecule has 1 aliphatic rings. The Morgan fingerprint density at radius 2 is 1.93 bits per heavy atom. The van der Waals surface area contributed by atoms with Gasteiger partial charge in [-0.15, -0.1) is 0 Å². The molecule has 2 aromatic carbocycles. The molecule has 0 radical (unpaired) electrons. The molecule has 0 bridgehead atoms. The monoisotopic (exact) mass is 399 g/mol. The van der Waals surface area contributed by atoms with E-state index < -0.39 is 0 Å². The van der Waals surface area contributed by atoms with Crippen LogP contribution < -0.4 is 9.47 Å². The molecule has 1 heterocycles. The van der Waals surface area contributed by atoms with Gasteiger partial charge in [0.15, 0.2) is 11.5 Å². The number of hydrogen-bond acceptors (Lipinski definition) is 5. The molecule has 1 amide bonds. The van der Waals surface area contributed by atoms with Gasteiger partial charge in [-0.1, -0.05) is 60.4 Å². The predicted octanol–water partition coefficient (Wildman–Crippen LogP) is 4.54. The Kier molecular flexibility index (Phi) is 6.53. The molecule has 0 aromatic heterocycles. The molecule has 0 aliphatic carbocycles. The van der Waals surface area contributed by atoms with Gasteiger partial charge < -0.3 is 9.47 Å². The molecule has 4 nitrogen and oxygen atoms in total. The van der Waals surface area contributed by atoms with Crippen LogP contribution in [0.15, 0.2) is 53.4 Å². The number of nitrogens with zero attached hydrogens (tertiary/aromatic N) is 1. The zero-order chi connectivity index (χ0) is 19.2. The maximum absolute atomic E-state index is 12.8. The predicted molar refractivity (Wildman–Crippen MR) is 114 cm³/mol. The van der Waals surface area contributed by atoms with Crippen LogP contribution in [0.25, 0.3) is 6.08 Å². The first-order chi connectivity index (χ1) is 13.1. The van der Waals surface area contributed by atoms with Gasteiger partial charge in [0.05, 0.1) is 18.6 Å². The van der Waals surface area contributed by atoms with E-state index in [2.05, 4.69) is 12.1 Å². The summed E-state index contributed by atoms with van der Waals surface area (Å²) in [5, 5.41) is 0. The minimum Gasteiger partial charge on any atom is -0.493 e. The fourth-order valence-corrected chi connectivity index (χ4v) is 4.09. The summed E-state index contributed by atoms with van der Waals surface area (Å²) in [4.78, 5) is 15.1. The average molecular weight is 400 g/mol. The second kappa shape index (κ2) is 9.06. The smallest absolute Gasteiger partial charge is 0.266 e. The van der Waals surface area contributed by atoms with Gasteiger partial charge in [0.1, 0.15) is 4.32 Å². The Morgan fingerprint density at radius 3 is 2.63 bits per heavy atom. The van der Waals surface area contributed by atoms with Crippen LogP contribution in [0.5, 0.6) is 11.5 Å². The van der Waals surface area contributed by atoms with Crippen molar-refractivity contribution in [2.75, 3.05) is 20.3 Å². The molecule has 0 atom stereocenters. The Morgan fingerprint density at radius 1 is 1.15 bits per heavy atom. The fourth-order valence-electron chi connectivity index (χ4n) is 2.78. The molecule has 6 heteroatoms. The molecule has 2 aromatic rings. The molecule has 1 aliphatic heterocycles. The minimum atomic E-state index is -0.0474. The van der Waals surface area contributed by atoms with E-state index in [4.69, 9.17) is 21.7 Å². The van der Waals surface area contributed by atoms with Gasteiger partial charge in [0, 0.05) is 6.54 Å². The van der Waals surface area contributed by atoms with Gasteiger partial charge in [-0.3, -0.25) is 9.69 Å². The summed E-state index contributed by atoms with van der Waals surface area (Å²) in [5.41, 5.74) is 2.06. The van der Waals surface area contributed by atoms with E-state index >= 15 is 0 Å². The van der Waals surface area contributed by atoms with Gasteiger partial charge in [-0.2, -0.15) is 0 Å². The minimum absolute atomic E-state index is 0.0474.